The first-order valence-corrected chi connectivity index (χ1v) is 11.8. The SMILES string of the molecule is CCC1=C(C(=O)OC)[C@@H](c2ccccc2)N2C(CC(=O)N(C)Cc3ccccc3)=CSC2=N1. The van der Waals surface area contributed by atoms with Gasteiger partial charge in [0.2, 0.25) is 5.91 Å². The largest absolute Gasteiger partial charge is 0.466 e. The van der Waals surface area contributed by atoms with Crippen LogP contribution >= 0.6 is 11.8 Å². The molecule has 4 rings (SSSR count). The Balaban J connectivity index is 1.64. The monoisotopic (exact) mass is 461 g/mol. The van der Waals surface area contributed by atoms with Gasteiger partial charge in [-0.25, -0.2) is 9.79 Å². The zero-order valence-corrected chi connectivity index (χ0v) is 19.8. The molecule has 0 aromatic heterocycles. The highest BCUT2D eigenvalue weighted by Gasteiger charge is 2.41. The second-order valence-electron chi connectivity index (χ2n) is 7.92. The summed E-state index contributed by atoms with van der Waals surface area (Å²) in [4.78, 5) is 34.5. The van der Waals surface area contributed by atoms with Crippen LogP contribution in [0.1, 0.15) is 36.9 Å². The Kier molecular flexibility index (Phi) is 6.99. The van der Waals surface area contributed by atoms with Gasteiger partial charge >= 0.3 is 5.97 Å². The molecule has 2 aliphatic rings. The lowest BCUT2D eigenvalue weighted by atomic mass is 9.93. The first kappa shape index (κ1) is 22.9. The number of amidine groups is 1. The van der Waals surface area contributed by atoms with Crippen molar-refractivity contribution in [1.82, 2.24) is 9.80 Å². The fraction of sp³-hybridized carbons (Fsp3) is 0.269. The predicted octanol–water partition coefficient (Wildman–Crippen LogP) is 4.87. The van der Waals surface area contributed by atoms with E-state index in [-0.39, 0.29) is 12.3 Å². The fourth-order valence-electron chi connectivity index (χ4n) is 4.10. The average molecular weight is 462 g/mol. The lowest BCUT2D eigenvalue weighted by Gasteiger charge is -2.36. The smallest absolute Gasteiger partial charge is 0.338 e. The van der Waals surface area contributed by atoms with Crippen molar-refractivity contribution >= 4 is 28.8 Å². The van der Waals surface area contributed by atoms with Crippen LogP contribution in [0.15, 0.2) is 88.0 Å². The van der Waals surface area contributed by atoms with E-state index in [1.54, 1.807) is 4.90 Å². The van der Waals surface area contributed by atoms with Gasteiger partial charge in [-0.2, -0.15) is 0 Å². The second-order valence-corrected chi connectivity index (χ2v) is 8.76. The summed E-state index contributed by atoms with van der Waals surface area (Å²) in [6, 6.07) is 19.4. The van der Waals surface area contributed by atoms with Crippen LogP contribution in [0.4, 0.5) is 0 Å². The number of ether oxygens (including phenoxy) is 1. The van der Waals surface area contributed by atoms with Crippen LogP contribution < -0.4 is 0 Å². The number of nitrogens with zero attached hydrogens (tertiary/aromatic N) is 3. The Morgan fingerprint density at radius 1 is 1.09 bits per heavy atom. The number of amides is 1. The van der Waals surface area contributed by atoms with Gasteiger partial charge in [0.05, 0.1) is 30.8 Å². The molecular formula is C26H27N3O3S. The summed E-state index contributed by atoms with van der Waals surface area (Å²) in [6.45, 7) is 2.52. The van der Waals surface area contributed by atoms with Crippen molar-refractivity contribution in [2.45, 2.75) is 32.4 Å². The molecule has 33 heavy (non-hydrogen) atoms. The van der Waals surface area contributed by atoms with Crippen LogP contribution in [0, 0.1) is 0 Å². The van der Waals surface area contributed by atoms with E-state index in [1.807, 2.05) is 84.9 Å². The number of esters is 1. The normalized spacial score (nSPS) is 17.3. The molecule has 0 radical (unpaired) electrons. The highest BCUT2D eigenvalue weighted by molar-refractivity contribution is 8.16. The van der Waals surface area contributed by atoms with Crippen molar-refractivity contribution in [3.63, 3.8) is 0 Å². The molecule has 6 nitrogen and oxygen atoms in total. The maximum atomic E-state index is 13.1. The predicted molar refractivity (Wildman–Crippen MR) is 131 cm³/mol. The molecule has 1 atom stereocenters. The number of carbonyl (C=O) groups excluding carboxylic acids is 2. The maximum absolute atomic E-state index is 13.1. The van der Waals surface area contributed by atoms with Crippen molar-refractivity contribution in [1.29, 1.82) is 0 Å². The van der Waals surface area contributed by atoms with Gasteiger partial charge in [-0.1, -0.05) is 79.3 Å². The lowest BCUT2D eigenvalue weighted by molar-refractivity contribution is -0.136. The summed E-state index contributed by atoms with van der Waals surface area (Å²) in [5.41, 5.74) is 4.10. The molecule has 2 aliphatic heterocycles. The minimum atomic E-state index is -0.396. The molecule has 0 bridgehead atoms. The van der Waals surface area contributed by atoms with E-state index in [2.05, 4.69) is 0 Å². The van der Waals surface area contributed by atoms with Crippen molar-refractivity contribution in [3.8, 4) is 0 Å². The number of benzene rings is 2. The molecule has 170 valence electrons. The number of rotatable bonds is 7. The molecule has 2 aromatic rings. The summed E-state index contributed by atoms with van der Waals surface area (Å²) >= 11 is 1.49. The molecule has 0 fully saturated rings. The standard InChI is InChI=1S/C26H27N3O3S/c1-4-21-23(25(31)32-3)24(19-13-9-6-10-14-19)29-20(17-33-26(29)27-21)15-22(30)28(2)16-18-11-7-5-8-12-18/h5-14,17,24H,4,15-16H2,1-3H3/t24-/m1/s1. The molecule has 2 aromatic carbocycles. The summed E-state index contributed by atoms with van der Waals surface area (Å²) in [6.07, 6.45) is 0.828. The van der Waals surface area contributed by atoms with Gasteiger partial charge in [-0.05, 0) is 23.0 Å². The zero-order valence-electron chi connectivity index (χ0n) is 19.0. The van der Waals surface area contributed by atoms with Gasteiger partial charge in [-0.3, -0.25) is 4.79 Å². The number of fused-ring (bicyclic) bond motifs is 1. The molecule has 0 N–H and O–H groups in total. The third kappa shape index (κ3) is 4.73. The van der Waals surface area contributed by atoms with E-state index >= 15 is 0 Å². The van der Waals surface area contributed by atoms with Crippen LogP contribution in [0.2, 0.25) is 0 Å². The van der Waals surface area contributed by atoms with Gasteiger partial charge in [0, 0.05) is 19.3 Å². The van der Waals surface area contributed by atoms with E-state index in [1.165, 1.54) is 18.9 Å². The van der Waals surface area contributed by atoms with Crippen LogP contribution in [0.25, 0.3) is 0 Å². The molecule has 7 heteroatoms. The molecule has 0 saturated heterocycles. The van der Waals surface area contributed by atoms with Crippen LogP contribution in [-0.4, -0.2) is 41.0 Å². The summed E-state index contributed by atoms with van der Waals surface area (Å²) in [7, 11) is 3.20. The lowest BCUT2D eigenvalue weighted by Crippen LogP contribution is -2.38. The second kappa shape index (κ2) is 10.1. The van der Waals surface area contributed by atoms with Crippen molar-refractivity contribution in [2.24, 2.45) is 4.99 Å². The van der Waals surface area contributed by atoms with Crippen LogP contribution in [0.3, 0.4) is 0 Å². The minimum Gasteiger partial charge on any atom is -0.466 e. The number of hydrogen-bond donors (Lipinski definition) is 0. The summed E-state index contributed by atoms with van der Waals surface area (Å²) < 4.78 is 5.15. The number of thioether (sulfide) groups is 1. The molecule has 0 saturated carbocycles. The van der Waals surface area contributed by atoms with Crippen LogP contribution in [0.5, 0.6) is 0 Å². The first-order valence-electron chi connectivity index (χ1n) is 10.9. The molecule has 2 heterocycles. The highest BCUT2D eigenvalue weighted by atomic mass is 32.2. The third-order valence-electron chi connectivity index (χ3n) is 5.77. The fourth-order valence-corrected chi connectivity index (χ4v) is 5.04. The maximum Gasteiger partial charge on any atom is 0.338 e. The number of carbonyl (C=O) groups is 2. The Hall–Kier alpha value is -3.32. The van der Waals surface area contributed by atoms with Gasteiger partial charge in [0.25, 0.3) is 0 Å². The van der Waals surface area contributed by atoms with Gasteiger partial charge in [0.1, 0.15) is 0 Å². The highest BCUT2D eigenvalue weighted by Crippen LogP contribution is 2.45. The van der Waals surface area contributed by atoms with E-state index < -0.39 is 12.0 Å². The third-order valence-corrected chi connectivity index (χ3v) is 6.65. The molecular weight excluding hydrogens is 434 g/mol. The van der Waals surface area contributed by atoms with Crippen LogP contribution in [-0.2, 0) is 20.9 Å². The van der Waals surface area contributed by atoms with E-state index in [9.17, 15) is 9.59 Å². The van der Waals surface area contributed by atoms with E-state index in [0.29, 0.717) is 18.5 Å². The topological polar surface area (TPSA) is 62.2 Å². The van der Waals surface area contributed by atoms with Crippen molar-refractivity contribution in [3.05, 3.63) is 94.2 Å². The number of hydrogen-bond acceptors (Lipinski definition) is 6. The number of aliphatic imine (C=N–C) groups is 1. The molecule has 0 unspecified atom stereocenters. The Bertz CT molecular complexity index is 1130. The van der Waals surface area contributed by atoms with E-state index in [4.69, 9.17) is 9.73 Å². The number of methoxy groups -OCH3 is 1. The van der Waals surface area contributed by atoms with E-state index in [0.717, 1.165) is 27.7 Å². The Morgan fingerprint density at radius 3 is 2.39 bits per heavy atom. The first-order chi connectivity index (χ1) is 16.0. The zero-order chi connectivity index (χ0) is 23.4. The van der Waals surface area contributed by atoms with Gasteiger partial charge in [-0.15, -0.1) is 0 Å². The molecule has 0 spiro atoms. The Labute approximate surface area is 198 Å². The average Bonchev–Trinajstić information content (AvgIpc) is 3.25. The van der Waals surface area contributed by atoms with Gasteiger partial charge < -0.3 is 14.5 Å². The van der Waals surface area contributed by atoms with Crippen molar-refractivity contribution in [2.75, 3.05) is 14.2 Å². The molecule has 0 aliphatic carbocycles. The van der Waals surface area contributed by atoms with Gasteiger partial charge in [0.15, 0.2) is 5.17 Å². The molecule has 1 amide bonds. The quantitative estimate of drug-likeness (QED) is 0.551. The van der Waals surface area contributed by atoms with Crippen molar-refractivity contribution < 1.29 is 14.3 Å². The Morgan fingerprint density at radius 2 is 1.76 bits per heavy atom. The summed E-state index contributed by atoms with van der Waals surface area (Å²) in [5, 5.41) is 2.75. The summed E-state index contributed by atoms with van der Waals surface area (Å²) in [5.74, 6) is -0.393. The minimum absolute atomic E-state index is 0.00338. The number of allylic oxidation sites excluding steroid dienone is 1.